The maximum absolute atomic E-state index is 12.8. The molecule has 1 aromatic carbocycles. The lowest BCUT2D eigenvalue weighted by Gasteiger charge is -2.24. The lowest BCUT2D eigenvalue weighted by atomic mass is 10.1. The van der Waals surface area contributed by atoms with Crippen molar-refractivity contribution in [1.82, 2.24) is 15.5 Å². The Morgan fingerprint density at radius 1 is 1.04 bits per heavy atom. The Morgan fingerprint density at radius 3 is 2.28 bits per heavy atom. The van der Waals surface area contributed by atoms with Crippen LogP contribution in [0.15, 0.2) is 24.3 Å². The highest BCUT2D eigenvalue weighted by atomic mass is 16.2. The van der Waals surface area contributed by atoms with Gasteiger partial charge in [-0.3, -0.25) is 14.4 Å². The summed E-state index contributed by atoms with van der Waals surface area (Å²) in [7, 11) is 0. The van der Waals surface area contributed by atoms with E-state index < -0.39 is 0 Å². The SMILES string of the molecule is CC(C)NC(=O)c1ccc(C(=O)N2CCCC2C(=O)NC2CC2)cc1. The summed E-state index contributed by atoms with van der Waals surface area (Å²) in [5, 5.41) is 5.81. The monoisotopic (exact) mass is 343 g/mol. The molecule has 1 aromatic rings. The molecule has 2 aliphatic rings. The number of likely N-dealkylation sites (tertiary alicyclic amines) is 1. The van der Waals surface area contributed by atoms with Crippen LogP contribution < -0.4 is 10.6 Å². The molecule has 1 aliphatic carbocycles. The van der Waals surface area contributed by atoms with Crippen molar-refractivity contribution in [2.45, 2.75) is 57.7 Å². The zero-order chi connectivity index (χ0) is 18.0. The van der Waals surface area contributed by atoms with E-state index in [0.717, 1.165) is 19.3 Å². The fourth-order valence-corrected chi connectivity index (χ4v) is 3.08. The summed E-state index contributed by atoms with van der Waals surface area (Å²) in [5.74, 6) is -0.345. The van der Waals surface area contributed by atoms with Gasteiger partial charge in [-0.2, -0.15) is 0 Å². The second-order valence-corrected chi connectivity index (χ2v) is 7.14. The molecule has 1 heterocycles. The standard InChI is InChI=1S/C19H25N3O3/c1-12(2)20-17(23)13-5-7-14(8-6-13)19(25)22-11-3-4-16(22)18(24)21-15-9-10-15/h5-8,12,15-16H,3-4,9-11H2,1-2H3,(H,20,23)(H,21,24). The van der Waals surface area contributed by atoms with Gasteiger partial charge in [-0.05, 0) is 63.8 Å². The van der Waals surface area contributed by atoms with Gasteiger partial charge < -0.3 is 15.5 Å². The van der Waals surface area contributed by atoms with E-state index >= 15 is 0 Å². The minimum atomic E-state index is -0.378. The minimum Gasteiger partial charge on any atom is -0.352 e. The van der Waals surface area contributed by atoms with Crippen molar-refractivity contribution in [2.24, 2.45) is 0 Å². The van der Waals surface area contributed by atoms with Crippen molar-refractivity contribution in [3.63, 3.8) is 0 Å². The lowest BCUT2D eigenvalue weighted by molar-refractivity contribution is -0.125. The number of hydrogen-bond donors (Lipinski definition) is 2. The molecule has 0 aromatic heterocycles. The van der Waals surface area contributed by atoms with Crippen LogP contribution in [0.5, 0.6) is 0 Å². The topological polar surface area (TPSA) is 78.5 Å². The lowest BCUT2D eigenvalue weighted by Crippen LogP contribution is -2.46. The molecule has 0 spiro atoms. The Balaban J connectivity index is 1.67. The smallest absolute Gasteiger partial charge is 0.254 e. The minimum absolute atomic E-state index is 0.0405. The molecule has 3 rings (SSSR count). The number of hydrogen-bond acceptors (Lipinski definition) is 3. The number of nitrogens with one attached hydrogen (secondary N) is 2. The first-order valence-corrected chi connectivity index (χ1v) is 8.98. The third-order valence-electron chi connectivity index (χ3n) is 4.55. The third-order valence-corrected chi connectivity index (χ3v) is 4.55. The number of carbonyl (C=O) groups excluding carboxylic acids is 3. The molecule has 2 N–H and O–H groups in total. The highest BCUT2D eigenvalue weighted by Gasteiger charge is 2.36. The summed E-state index contributed by atoms with van der Waals surface area (Å²) in [6.07, 6.45) is 3.61. The van der Waals surface area contributed by atoms with Gasteiger partial charge in [0.25, 0.3) is 11.8 Å². The third kappa shape index (κ3) is 4.18. The highest BCUT2D eigenvalue weighted by Crippen LogP contribution is 2.24. The van der Waals surface area contributed by atoms with E-state index in [0.29, 0.717) is 30.1 Å². The summed E-state index contributed by atoms with van der Waals surface area (Å²) in [6, 6.07) is 6.60. The van der Waals surface area contributed by atoms with E-state index in [1.807, 2.05) is 13.8 Å². The summed E-state index contributed by atoms with van der Waals surface area (Å²) in [4.78, 5) is 38.7. The van der Waals surface area contributed by atoms with Crippen LogP contribution in [0.3, 0.4) is 0 Å². The van der Waals surface area contributed by atoms with Crippen LogP contribution in [0, 0.1) is 0 Å². The summed E-state index contributed by atoms with van der Waals surface area (Å²) in [6.45, 7) is 4.39. The average molecular weight is 343 g/mol. The van der Waals surface area contributed by atoms with Crippen LogP contribution in [0.4, 0.5) is 0 Å². The largest absolute Gasteiger partial charge is 0.352 e. The van der Waals surface area contributed by atoms with Crippen molar-refractivity contribution in [3.8, 4) is 0 Å². The molecule has 2 fully saturated rings. The second kappa shape index (κ2) is 7.25. The first kappa shape index (κ1) is 17.5. The Kier molecular flexibility index (Phi) is 5.06. The molecule has 6 heteroatoms. The van der Waals surface area contributed by atoms with Crippen LogP contribution in [-0.4, -0.2) is 47.3 Å². The van der Waals surface area contributed by atoms with Gasteiger partial charge in [0.1, 0.15) is 6.04 Å². The molecule has 1 atom stereocenters. The van der Waals surface area contributed by atoms with Crippen molar-refractivity contribution in [2.75, 3.05) is 6.54 Å². The number of amides is 3. The molecule has 1 unspecified atom stereocenters. The predicted molar refractivity (Wildman–Crippen MR) is 94.3 cm³/mol. The van der Waals surface area contributed by atoms with Gasteiger partial charge in [-0.15, -0.1) is 0 Å². The predicted octanol–water partition coefficient (Wildman–Crippen LogP) is 1.71. The van der Waals surface area contributed by atoms with E-state index in [4.69, 9.17) is 0 Å². The highest BCUT2D eigenvalue weighted by molar-refractivity contribution is 6.00. The van der Waals surface area contributed by atoms with Crippen LogP contribution in [0.25, 0.3) is 0 Å². The normalized spacial score (nSPS) is 19.8. The maximum Gasteiger partial charge on any atom is 0.254 e. The molecule has 25 heavy (non-hydrogen) atoms. The van der Waals surface area contributed by atoms with Gasteiger partial charge in [0.15, 0.2) is 0 Å². The van der Waals surface area contributed by atoms with Crippen molar-refractivity contribution < 1.29 is 14.4 Å². The Labute approximate surface area is 148 Å². The van der Waals surface area contributed by atoms with Gasteiger partial charge in [0.05, 0.1) is 0 Å². The molecule has 6 nitrogen and oxygen atoms in total. The number of carbonyl (C=O) groups is 3. The fraction of sp³-hybridized carbons (Fsp3) is 0.526. The summed E-state index contributed by atoms with van der Waals surface area (Å²) in [5.41, 5.74) is 1.03. The van der Waals surface area contributed by atoms with Gasteiger partial charge in [-0.25, -0.2) is 0 Å². The van der Waals surface area contributed by atoms with E-state index in [-0.39, 0.29) is 29.8 Å². The molecule has 1 saturated carbocycles. The van der Waals surface area contributed by atoms with Gasteiger partial charge >= 0.3 is 0 Å². The molecule has 3 amide bonds. The molecule has 1 saturated heterocycles. The number of benzene rings is 1. The summed E-state index contributed by atoms with van der Waals surface area (Å²) >= 11 is 0. The molecular formula is C19H25N3O3. The number of nitrogens with zero attached hydrogens (tertiary/aromatic N) is 1. The van der Waals surface area contributed by atoms with Crippen LogP contribution in [0.2, 0.25) is 0 Å². The molecule has 0 bridgehead atoms. The first-order chi connectivity index (χ1) is 12.0. The second-order valence-electron chi connectivity index (χ2n) is 7.14. The summed E-state index contributed by atoms with van der Waals surface area (Å²) < 4.78 is 0. The zero-order valence-electron chi connectivity index (χ0n) is 14.7. The molecular weight excluding hydrogens is 318 g/mol. The van der Waals surface area contributed by atoms with Gasteiger partial charge in [0.2, 0.25) is 5.91 Å². The Morgan fingerprint density at radius 2 is 1.68 bits per heavy atom. The van der Waals surface area contributed by atoms with Crippen LogP contribution in [0.1, 0.15) is 60.2 Å². The average Bonchev–Trinajstić information content (AvgIpc) is 3.25. The quantitative estimate of drug-likeness (QED) is 0.854. The van der Waals surface area contributed by atoms with E-state index in [9.17, 15) is 14.4 Å². The van der Waals surface area contributed by atoms with Crippen LogP contribution >= 0.6 is 0 Å². The molecule has 134 valence electrons. The first-order valence-electron chi connectivity index (χ1n) is 8.98. The van der Waals surface area contributed by atoms with E-state index in [2.05, 4.69) is 10.6 Å². The van der Waals surface area contributed by atoms with Crippen LogP contribution in [-0.2, 0) is 4.79 Å². The van der Waals surface area contributed by atoms with Gasteiger partial charge in [0, 0.05) is 29.8 Å². The van der Waals surface area contributed by atoms with E-state index in [1.54, 1.807) is 29.2 Å². The molecule has 0 radical (unpaired) electrons. The number of rotatable bonds is 5. The van der Waals surface area contributed by atoms with Crippen molar-refractivity contribution in [1.29, 1.82) is 0 Å². The van der Waals surface area contributed by atoms with Crippen molar-refractivity contribution in [3.05, 3.63) is 35.4 Å². The Bertz CT molecular complexity index is 665. The van der Waals surface area contributed by atoms with Crippen molar-refractivity contribution >= 4 is 17.7 Å². The van der Waals surface area contributed by atoms with E-state index in [1.165, 1.54) is 0 Å². The fourth-order valence-electron chi connectivity index (χ4n) is 3.08. The Hall–Kier alpha value is -2.37. The van der Waals surface area contributed by atoms with Gasteiger partial charge in [-0.1, -0.05) is 0 Å². The zero-order valence-corrected chi connectivity index (χ0v) is 14.7. The molecule has 1 aliphatic heterocycles. The maximum atomic E-state index is 12.8.